The van der Waals surface area contributed by atoms with Gasteiger partial charge in [-0.2, -0.15) is 5.10 Å². The van der Waals surface area contributed by atoms with Crippen LogP contribution in [0.5, 0.6) is 0 Å². The molecule has 10 heteroatoms. The summed E-state index contributed by atoms with van der Waals surface area (Å²) in [6.45, 7) is 5.24. The quantitative estimate of drug-likeness (QED) is 0.657. The number of nitrogens with zero attached hydrogens (tertiary/aromatic N) is 2. The van der Waals surface area contributed by atoms with Crippen molar-refractivity contribution in [3.63, 3.8) is 0 Å². The van der Waals surface area contributed by atoms with Crippen molar-refractivity contribution in [2.45, 2.75) is 32.7 Å². The number of aryl methyl sites for hydroxylation is 1. The van der Waals surface area contributed by atoms with E-state index in [9.17, 15) is 13.2 Å². The van der Waals surface area contributed by atoms with Crippen molar-refractivity contribution in [2.24, 2.45) is 0 Å². The van der Waals surface area contributed by atoms with Crippen LogP contribution in [0.15, 0.2) is 30.5 Å². The highest BCUT2D eigenvalue weighted by atomic mass is 35.5. The first kappa shape index (κ1) is 22.2. The van der Waals surface area contributed by atoms with Crippen molar-refractivity contribution >= 4 is 39.7 Å². The van der Waals surface area contributed by atoms with Gasteiger partial charge in [0, 0.05) is 18.4 Å². The molecule has 3 rings (SSSR count). The van der Waals surface area contributed by atoms with Crippen LogP contribution < -0.4 is 15.4 Å². The molecule has 28 heavy (non-hydrogen) atoms. The molecular weight excluding hydrogens is 402 g/mol. The van der Waals surface area contributed by atoms with Crippen molar-refractivity contribution in [3.8, 4) is 0 Å². The molecule has 1 aliphatic rings. The Kier molecular flexibility index (Phi) is 7.45. The molecule has 1 unspecified atom stereocenters. The number of aromatic nitrogens is 2. The third kappa shape index (κ3) is 5.46. The average molecular weight is 428 g/mol. The number of carbonyl (C=O) groups is 1. The largest absolute Gasteiger partial charge is 0.321 e. The molecule has 0 radical (unpaired) electrons. The summed E-state index contributed by atoms with van der Waals surface area (Å²) in [7, 11) is -3.34. The van der Waals surface area contributed by atoms with Gasteiger partial charge in [-0.25, -0.2) is 8.42 Å². The van der Waals surface area contributed by atoms with Gasteiger partial charge in [-0.15, -0.1) is 12.4 Å². The minimum Gasteiger partial charge on any atom is -0.321 e. The normalized spacial score (nSPS) is 16.9. The van der Waals surface area contributed by atoms with E-state index in [0.29, 0.717) is 17.1 Å². The van der Waals surface area contributed by atoms with E-state index in [2.05, 4.69) is 20.5 Å². The summed E-state index contributed by atoms with van der Waals surface area (Å²) in [5.74, 6) is -0.289. The zero-order chi connectivity index (χ0) is 19.4. The second-order valence-corrected chi connectivity index (χ2v) is 8.68. The lowest BCUT2D eigenvalue weighted by Gasteiger charge is -2.22. The molecule has 2 heterocycles. The van der Waals surface area contributed by atoms with Gasteiger partial charge in [0.15, 0.2) is 5.69 Å². The second kappa shape index (κ2) is 9.40. The van der Waals surface area contributed by atoms with Gasteiger partial charge < -0.3 is 10.6 Å². The van der Waals surface area contributed by atoms with E-state index < -0.39 is 10.0 Å². The maximum Gasteiger partial charge on any atom is 0.276 e. The zero-order valence-electron chi connectivity index (χ0n) is 15.9. The number of carbonyl (C=O) groups excluding carboxylic acids is 1. The molecule has 1 aromatic carbocycles. The third-order valence-electron chi connectivity index (χ3n) is 4.62. The first-order chi connectivity index (χ1) is 12.9. The molecule has 1 saturated heterocycles. The summed E-state index contributed by atoms with van der Waals surface area (Å²) in [6, 6.07) is 7.02. The fraction of sp³-hybridized carbons (Fsp3) is 0.444. The zero-order valence-corrected chi connectivity index (χ0v) is 17.6. The Morgan fingerprint density at radius 2 is 2.14 bits per heavy atom. The van der Waals surface area contributed by atoms with Crippen LogP contribution in [0.2, 0.25) is 0 Å². The lowest BCUT2D eigenvalue weighted by Crippen LogP contribution is -2.32. The minimum absolute atomic E-state index is 0. The molecule has 1 amide bonds. The van der Waals surface area contributed by atoms with Gasteiger partial charge >= 0.3 is 0 Å². The number of piperidine rings is 1. The van der Waals surface area contributed by atoms with E-state index >= 15 is 0 Å². The lowest BCUT2D eigenvalue weighted by molar-refractivity contribution is 0.102. The average Bonchev–Trinajstić information content (AvgIpc) is 3.15. The van der Waals surface area contributed by atoms with Gasteiger partial charge in [-0.1, -0.05) is 0 Å². The van der Waals surface area contributed by atoms with E-state index in [1.807, 2.05) is 10.9 Å². The van der Waals surface area contributed by atoms with Crippen molar-refractivity contribution in [1.29, 1.82) is 0 Å². The molecule has 2 aromatic rings. The molecule has 1 fully saturated rings. The number of amides is 1. The van der Waals surface area contributed by atoms with Gasteiger partial charge in [0.1, 0.15) is 0 Å². The molecule has 0 saturated carbocycles. The van der Waals surface area contributed by atoms with E-state index in [-0.39, 0.29) is 30.1 Å². The molecule has 1 aromatic heterocycles. The monoisotopic (exact) mass is 427 g/mol. The van der Waals surface area contributed by atoms with E-state index in [1.165, 1.54) is 0 Å². The molecule has 8 nitrogen and oxygen atoms in total. The first-order valence-electron chi connectivity index (χ1n) is 9.06. The van der Waals surface area contributed by atoms with Crippen LogP contribution in [0.1, 0.15) is 41.9 Å². The fourth-order valence-corrected chi connectivity index (χ4v) is 3.72. The smallest absolute Gasteiger partial charge is 0.276 e. The SMILES string of the molecule is CCS(=O)(=O)Nc1ccc(NC(=O)c2ccn(C3CCCNC3)n2)cc1C.Cl. The van der Waals surface area contributed by atoms with Gasteiger partial charge in [-0.05, 0) is 63.1 Å². The predicted molar refractivity (Wildman–Crippen MR) is 113 cm³/mol. The van der Waals surface area contributed by atoms with Gasteiger partial charge in [0.25, 0.3) is 5.91 Å². The molecule has 0 spiro atoms. The topological polar surface area (TPSA) is 105 Å². The van der Waals surface area contributed by atoms with Crippen LogP contribution in [-0.4, -0.2) is 42.9 Å². The maximum absolute atomic E-state index is 12.5. The Bertz CT molecular complexity index is 923. The third-order valence-corrected chi connectivity index (χ3v) is 5.91. The summed E-state index contributed by atoms with van der Waals surface area (Å²) >= 11 is 0. The Hall–Kier alpha value is -2.10. The Morgan fingerprint density at radius 1 is 1.36 bits per heavy atom. The molecule has 0 bridgehead atoms. The fourth-order valence-electron chi connectivity index (χ4n) is 3.01. The number of benzene rings is 1. The predicted octanol–water partition coefficient (Wildman–Crippen LogP) is 2.55. The summed E-state index contributed by atoms with van der Waals surface area (Å²) in [6.07, 6.45) is 3.98. The number of hydrogen-bond acceptors (Lipinski definition) is 5. The van der Waals surface area contributed by atoms with Crippen molar-refractivity contribution in [2.75, 3.05) is 28.9 Å². The van der Waals surface area contributed by atoms with Gasteiger partial charge in [0.2, 0.25) is 10.0 Å². The number of rotatable bonds is 6. The van der Waals surface area contributed by atoms with E-state index in [0.717, 1.165) is 31.5 Å². The summed E-state index contributed by atoms with van der Waals surface area (Å²) < 4.78 is 27.8. The number of hydrogen-bond donors (Lipinski definition) is 3. The van der Waals surface area contributed by atoms with Crippen molar-refractivity contribution in [1.82, 2.24) is 15.1 Å². The highest BCUT2D eigenvalue weighted by molar-refractivity contribution is 7.92. The number of nitrogens with one attached hydrogen (secondary N) is 3. The van der Waals surface area contributed by atoms with Crippen LogP contribution in [0.4, 0.5) is 11.4 Å². The molecule has 1 aliphatic heterocycles. The minimum atomic E-state index is -3.34. The molecule has 0 aliphatic carbocycles. The van der Waals surface area contributed by atoms with Gasteiger partial charge in [0.05, 0.1) is 17.5 Å². The van der Waals surface area contributed by atoms with Crippen molar-refractivity contribution in [3.05, 3.63) is 41.7 Å². The molecule has 154 valence electrons. The molecule has 3 N–H and O–H groups in total. The Labute approximate surface area is 171 Å². The Morgan fingerprint density at radius 3 is 2.79 bits per heavy atom. The first-order valence-corrected chi connectivity index (χ1v) is 10.7. The molecule has 1 atom stereocenters. The standard InChI is InChI=1S/C18H25N5O3S.ClH/c1-3-27(25,26)22-16-7-6-14(11-13(16)2)20-18(24)17-8-10-23(21-17)15-5-4-9-19-12-15;/h6-8,10-11,15,19,22H,3-5,9,12H2,1-2H3,(H,20,24);1H. The van der Waals surface area contributed by atoms with Crippen molar-refractivity contribution < 1.29 is 13.2 Å². The molecular formula is C18H26ClN5O3S. The number of anilines is 2. The van der Waals surface area contributed by atoms with Crippen LogP contribution in [0.3, 0.4) is 0 Å². The van der Waals surface area contributed by atoms with Crippen LogP contribution in [-0.2, 0) is 10.0 Å². The van der Waals surface area contributed by atoms with Crippen LogP contribution in [0, 0.1) is 6.92 Å². The lowest BCUT2D eigenvalue weighted by atomic mass is 10.1. The Balaban J connectivity index is 0.00000280. The number of sulfonamides is 1. The van der Waals surface area contributed by atoms with Crippen LogP contribution >= 0.6 is 12.4 Å². The summed E-state index contributed by atoms with van der Waals surface area (Å²) in [5.41, 5.74) is 2.17. The van der Waals surface area contributed by atoms with Crippen LogP contribution in [0.25, 0.3) is 0 Å². The summed E-state index contributed by atoms with van der Waals surface area (Å²) in [5, 5.41) is 10.5. The number of halogens is 1. The highest BCUT2D eigenvalue weighted by Gasteiger charge is 2.18. The highest BCUT2D eigenvalue weighted by Crippen LogP contribution is 2.22. The van der Waals surface area contributed by atoms with Gasteiger partial charge in [-0.3, -0.25) is 14.2 Å². The summed E-state index contributed by atoms with van der Waals surface area (Å²) in [4.78, 5) is 12.5. The maximum atomic E-state index is 12.5. The van der Waals surface area contributed by atoms with E-state index in [4.69, 9.17) is 0 Å². The second-order valence-electron chi connectivity index (χ2n) is 6.67. The van der Waals surface area contributed by atoms with E-state index in [1.54, 1.807) is 38.1 Å².